The van der Waals surface area contributed by atoms with Crippen molar-refractivity contribution in [3.8, 4) is 11.5 Å². The van der Waals surface area contributed by atoms with E-state index < -0.39 is 40.4 Å². The lowest BCUT2D eigenvalue weighted by molar-refractivity contribution is -0.274. The summed E-state index contributed by atoms with van der Waals surface area (Å²) in [6.07, 6.45) is 5.34. The van der Waals surface area contributed by atoms with Crippen LogP contribution < -0.4 is 9.47 Å². The van der Waals surface area contributed by atoms with Crippen LogP contribution in [0.5, 0.6) is 11.5 Å². The van der Waals surface area contributed by atoms with Crippen LogP contribution in [0.1, 0.15) is 80.3 Å². The fraction of sp³-hybridized carbons (Fsp3) is 0.521. The number of rotatable bonds is 14. The maximum absolute atomic E-state index is 14.9. The molecule has 0 aliphatic heterocycles. The summed E-state index contributed by atoms with van der Waals surface area (Å²) in [5, 5.41) is 35.6. The zero-order chi connectivity index (χ0) is 41.8. The van der Waals surface area contributed by atoms with Crippen molar-refractivity contribution in [2.75, 3.05) is 26.8 Å². The number of carbonyl (C=O) groups excluding carboxylic acids is 1. The molecule has 0 radical (unpaired) electrons. The lowest BCUT2D eigenvalue weighted by Gasteiger charge is -2.71. The van der Waals surface area contributed by atoms with Crippen LogP contribution in [0, 0.1) is 33.5 Å². The van der Waals surface area contributed by atoms with E-state index in [1.54, 1.807) is 31.4 Å². The molecule has 3 saturated carbocycles. The smallest absolute Gasteiger partial charge is 0.497 e. The van der Waals surface area contributed by atoms with E-state index in [1.165, 1.54) is 12.1 Å². The topological polar surface area (TPSA) is 109 Å². The Morgan fingerprint density at radius 3 is 2.22 bits per heavy atom. The summed E-state index contributed by atoms with van der Waals surface area (Å²) in [4.78, 5) is 16.9. The molecule has 9 rings (SSSR count). The number of aliphatic hydroxyl groups excluding tert-OH is 2. The molecular weight excluding hydrogens is 760 g/mol. The first kappa shape index (κ1) is 41.7. The fourth-order valence-corrected chi connectivity index (χ4v) is 12.3. The van der Waals surface area contributed by atoms with Crippen molar-refractivity contribution in [1.29, 1.82) is 0 Å². The van der Waals surface area contributed by atoms with E-state index in [-0.39, 0.29) is 55.0 Å². The van der Waals surface area contributed by atoms with Gasteiger partial charge in [0.25, 0.3) is 0 Å². The number of hydrogen-bond acceptors (Lipinski definition) is 8. The molecule has 2 spiro atoms. The first-order valence-electron chi connectivity index (χ1n) is 20.9. The molecule has 3 fully saturated rings. The Bertz CT molecular complexity index is 2060. The third-order valence-electron chi connectivity index (χ3n) is 15.2. The molecule has 0 heterocycles. The number of ether oxygens (including phenoxy) is 3. The highest BCUT2D eigenvalue weighted by Gasteiger charge is 2.74. The SMILES string of the molecule is COc1ccc(C(=O)C2=CC34C=CC25C(CCC2(C)C5CCC2(O)CN(Cc2ccc(OC(F)(F)F)cc2)CC(O)COCc2ccccc2)C3(C)CCC(O)C4)cc1. The van der Waals surface area contributed by atoms with Gasteiger partial charge in [0, 0.05) is 47.0 Å². The van der Waals surface area contributed by atoms with Crippen molar-refractivity contribution >= 4 is 5.78 Å². The number of Topliss-reactive ketones (excluding diaryl/α,β-unsaturated/α-hetero) is 1. The molecule has 0 saturated heterocycles. The maximum Gasteiger partial charge on any atom is 0.573 e. The van der Waals surface area contributed by atoms with Crippen molar-refractivity contribution in [1.82, 2.24) is 4.90 Å². The number of fused-ring (bicyclic) bond motifs is 1. The van der Waals surface area contributed by atoms with Crippen molar-refractivity contribution in [2.24, 2.45) is 33.5 Å². The van der Waals surface area contributed by atoms with Gasteiger partial charge in [0.15, 0.2) is 5.78 Å². The molecule has 316 valence electrons. The quantitative estimate of drug-likeness (QED) is 0.110. The minimum Gasteiger partial charge on any atom is -0.497 e. The number of aliphatic hydroxyl groups is 3. The zero-order valence-corrected chi connectivity index (χ0v) is 34.1. The van der Waals surface area contributed by atoms with Crippen molar-refractivity contribution in [3.63, 3.8) is 0 Å². The third kappa shape index (κ3) is 7.34. The van der Waals surface area contributed by atoms with Gasteiger partial charge in [-0.25, -0.2) is 0 Å². The molecule has 3 aromatic carbocycles. The standard InChI is InChI=1S/C48H56F3NO7/c1-43-20-17-35(53)25-45(43)23-24-47(39(26-45)42(55)34-11-15-37(57-3)16-12-34)40(43)18-21-44(2)41(47)19-22-46(44,56)31-52(27-32-9-13-38(14-10-32)59-48(49,50)51)28-36(54)30-58-29-33-7-5-4-6-8-33/h4-16,23-24,26,35-36,40-41,53-54,56H,17-22,25,27-31H2,1-3H3. The van der Waals surface area contributed by atoms with Gasteiger partial charge in [-0.3, -0.25) is 9.69 Å². The third-order valence-corrected chi connectivity index (χ3v) is 15.2. The molecule has 0 amide bonds. The highest BCUT2D eigenvalue weighted by molar-refractivity contribution is 6.10. The molecule has 59 heavy (non-hydrogen) atoms. The van der Waals surface area contributed by atoms with E-state index in [9.17, 15) is 33.3 Å². The average Bonchev–Trinajstić information content (AvgIpc) is 3.47. The lowest BCUT2D eigenvalue weighted by Crippen LogP contribution is -2.67. The van der Waals surface area contributed by atoms with Gasteiger partial charge in [-0.15, -0.1) is 13.2 Å². The van der Waals surface area contributed by atoms with Gasteiger partial charge in [-0.1, -0.05) is 74.5 Å². The summed E-state index contributed by atoms with van der Waals surface area (Å²) < 4.78 is 54.3. The number of benzene rings is 3. The lowest BCUT2D eigenvalue weighted by atomic mass is 9.32. The minimum atomic E-state index is -4.81. The molecule has 2 bridgehead atoms. The number of halogens is 3. The Morgan fingerprint density at radius 2 is 1.53 bits per heavy atom. The van der Waals surface area contributed by atoms with Crippen LogP contribution in [-0.4, -0.2) is 77.0 Å². The van der Waals surface area contributed by atoms with Gasteiger partial charge in [-0.2, -0.15) is 0 Å². The number of allylic oxidation sites excluding steroid dienone is 4. The molecule has 9 atom stereocenters. The van der Waals surface area contributed by atoms with E-state index in [0.717, 1.165) is 30.4 Å². The highest BCUT2D eigenvalue weighted by Crippen LogP contribution is 2.78. The van der Waals surface area contributed by atoms with Crippen LogP contribution in [0.2, 0.25) is 0 Å². The number of nitrogens with zero attached hydrogens (tertiary/aromatic N) is 1. The second kappa shape index (κ2) is 15.5. The molecule has 3 aromatic rings. The van der Waals surface area contributed by atoms with E-state index in [0.29, 0.717) is 49.2 Å². The predicted octanol–water partition coefficient (Wildman–Crippen LogP) is 8.45. The first-order valence-corrected chi connectivity index (χ1v) is 20.9. The molecule has 9 unspecified atom stereocenters. The second-order valence-corrected chi connectivity index (χ2v) is 18.4. The predicted molar refractivity (Wildman–Crippen MR) is 216 cm³/mol. The normalized spacial score (nSPS) is 33.8. The monoisotopic (exact) mass is 815 g/mol. The zero-order valence-electron chi connectivity index (χ0n) is 34.1. The summed E-state index contributed by atoms with van der Waals surface area (Å²) >= 11 is 0. The van der Waals surface area contributed by atoms with E-state index >= 15 is 0 Å². The summed E-state index contributed by atoms with van der Waals surface area (Å²) in [5.74, 6) is 0.320. The van der Waals surface area contributed by atoms with Gasteiger partial charge in [0.05, 0.1) is 38.1 Å². The van der Waals surface area contributed by atoms with Gasteiger partial charge < -0.3 is 29.5 Å². The first-order chi connectivity index (χ1) is 28.0. The maximum atomic E-state index is 14.9. The number of alkyl halides is 3. The van der Waals surface area contributed by atoms with Crippen molar-refractivity contribution in [3.05, 3.63) is 119 Å². The van der Waals surface area contributed by atoms with Crippen LogP contribution in [0.25, 0.3) is 0 Å². The summed E-state index contributed by atoms with van der Waals surface area (Å²) in [6.45, 7) is 5.49. The Balaban J connectivity index is 1.11. The van der Waals surface area contributed by atoms with Gasteiger partial charge in [0.1, 0.15) is 11.5 Å². The van der Waals surface area contributed by atoms with E-state index in [2.05, 4.69) is 36.8 Å². The molecule has 6 aliphatic carbocycles. The number of methoxy groups -OCH3 is 1. The Hall–Kier alpha value is -4.00. The molecule has 8 nitrogen and oxygen atoms in total. The largest absolute Gasteiger partial charge is 0.573 e. The summed E-state index contributed by atoms with van der Waals surface area (Å²) in [5.41, 5.74) is -0.195. The van der Waals surface area contributed by atoms with Gasteiger partial charge in [-0.05, 0) is 110 Å². The van der Waals surface area contributed by atoms with Crippen LogP contribution in [0.3, 0.4) is 0 Å². The van der Waals surface area contributed by atoms with Crippen LogP contribution >= 0.6 is 0 Å². The Kier molecular flexibility index (Phi) is 10.9. The van der Waals surface area contributed by atoms with Gasteiger partial charge >= 0.3 is 6.36 Å². The van der Waals surface area contributed by atoms with Crippen molar-refractivity contribution in [2.45, 2.75) is 96.1 Å². The molecule has 6 aliphatic rings. The Labute approximate surface area is 344 Å². The molecule has 3 N–H and O–H groups in total. The Morgan fingerprint density at radius 1 is 0.864 bits per heavy atom. The van der Waals surface area contributed by atoms with Gasteiger partial charge in [0.2, 0.25) is 0 Å². The molecule has 0 aromatic heterocycles. The number of ketones is 1. The minimum absolute atomic E-state index is 0.0404. The van der Waals surface area contributed by atoms with E-state index in [1.807, 2.05) is 47.4 Å². The fourth-order valence-electron chi connectivity index (χ4n) is 12.3. The van der Waals surface area contributed by atoms with Crippen LogP contribution in [0.4, 0.5) is 13.2 Å². The number of carbonyl (C=O) groups is 1. The van der Waals surface area contributed by atoms with Crippen LogP contribution in [-0.2, 0) is 17.9 Å². The summed E-state index contributed by atoms with van der Waals surface area (Å²) in [7, 11) is 1.59. The average molecular weight is 816 g/mol. The second-order valence-electron chi connectivity index (χ2n) is 18.4. The van der Waals surface area contributed by atoms with Crippen LogP contribution in [0.15, 0.2) is 103 Å². The number of hydrogen-bond donors (Lipinski definition) is 3. The summed E-state index contributed by atoms with van der Waals surface area (Å²) in [6, 6.07) is 22.6. The van der Waals surface area contributed by atoms with E-state index in [4.69, 9.17) is 9.47 Å². The molecule has 11 heteroatoms. The van der Waals surface area contributed by atoms with Crippen molar-refractivity contribution < 1.29 is 47.5 Å². The molecular formula is C48H56F3NO7. The highest BCUT2D eigenvalue weighted by atomic mass is 19.4.